The molecule has 2 amide bonds. The first-order valence-corrected chi connectivity index (χ1v) is 9.49. The number of aryl methyl sites for hydroxylation is 2. The van der Waals surface area contributed by atoms with E-state index < -0.39 is 0 Å². The number of nitrogens with one attached hydrogen (secondary N) is 1. The van der Waals surface area contributed by atoms with E-state index in [1.54, 1.807) is 0 Å². The molecule has 1 aromatic heterocycles. The van der Waals surface area contributed by atoms with Crippen molar-refractivity contribution in [3.63, 3.8) is 0 Å². The highest BCUT2D eigenvalue weighted by atomic mass is 16.5. The van der Waals surface area contributed by atoms with Crippen LogP contribution in [0.4, 0.5) is 0 Å². The Morgan fingerprint density at radius 3 is 2.65 bits per heavy atom. The van der Waals surface area contributed by atoms with Crippen molar-refractivity contribution >= 4 is 11.8 Å². The van der Waals surface area contributed by atoms with E-state index in [-0.39, 0.29) is 29.9 Å². The van der Waals surface area contributed by atoms with Gasteiger partial charge < -0.3 is 14.7 Å². The molecular formula is C19H30N4O3. The molecule has 7 heteroatoms. The minimum absolute atomic E-state index is 0.0337. The monoisotopic (exact) mass is 362 g/mol. The fraction of sp³-hybridized carbons (Fsp3) is 0.737. The lowest BCUT2D eigenvalue weighted by Gasteiger charge is -2.43. The summed E-state index contributed by atoms with van der Waals surface area (Å²) in [6.45, 7) is 11.8. The number of piperazine rings is 1. The quantitative estimate of drug-likeness (QED) is 0.861. The number of carbonyl (C=O) groups is 2. The number of hydrogen-bond donors (Lipinski definition) is 1. The van der Waals surface area contributed by atoms with Gasteiger partial charge in [-0.3, -0.25) is 14.5 Å². The van der Waals surface area contributed by atoms with Gasteiger partial charge >= 0.3 is 0 Å². The van der Waals surface area contributed by atoms with E-state index >= 15 is 0 Å². The van der Waals surface area contributed by atoms with Crippen LogP contribution in [0.25, 0.3) is 0 Å². The zero-order chi connectivity index (χ0) is 19.0. The first-order valence-electron chi connectivity index (χ1n) is 9.49. The average Bonchev–Trinajstić information content (AvgIpc) is 3.07. The van der Waals surface area contributed by atoms with Gasteiger partial charge in [-0.15, -0.1) is 0 Å². The Kier molecular flexibility index (Phi) is 5.37. The fourth-order valence-electron chi connectivity index (χ4n) is 4.30. The number of hydrogen-bond acceptors (Lipinski definition) is 5. The van der Waals surface area contributed by atoms with E-state index in [1.165, 1.54) is 6.92 Å². The molecule has 2 aliphatic rings. The third-order valence-electron chi connectivity index (χ3n) is 5.51. The highest BCUT2D eigenvalue weighted by Crippen LogP contribution is 2.30. The first kappa shape index (κ1) is 18.9. The van der Waals surface area contributed by atoms with Crippen LogP contribution in [0.2, 0.25) is 0 Å². The Labute approximate surface area is 155 Å². The Hall–Kier alpha value is -1.89. The first-order chi connectivity index (χ1) is 12.3. The van der Waals surface area contributed by atoms with Gasteiger partial charge in [0.1, 0.15) is 5.76 Å². The summed E-state index contributed by atoms with van der Waals surface area (Å²) in [4.78, 5) is 28.9. The molecule has 0 aliphatic carbocycles. The lowest BCUT2D eigenvalue weighted by atomic mass is 9.96. The van der Waals surface area contributed by atoms with Crippen molar-refractivity contribution in [1.82, 2.24) is 20.3 Å². The van der Waals surface area contributed by atoms with Crippen LogP contribution in [0, 0.1) is 19.8 Å². The lowest BCUT2D eigenvalue weighted by molar-refractivity contribution is -0.145. The summed E-state index contributed by atoms with van der Waals surface area (Å²) in [7, 11) is 0. The normalized spacial score (nSPS) is 26.5. The highest BCUT2D eigenvalue weighted by molar-refractivity contribution is 5.83. The van der Waals surface area contributed by atoms with E-state index in [4.69, 9.17) is 4.52 Å². The summed E-state index contributed by atoms with van der Waals surface area (Å²) < 4.78 is 5.31. The van der Waals surface area contributed by atoms with E-state index in [1.807, 2.05) is 18.7 Å². The summed E-state index contributed by atoms with van der Waals surface area (Å²) in [6.07, 6.45) is 1.65. The second kappa shape index (κ2) is 7.39. The number of fused-ring (bicyclic) bond motifs is 1. The van der Waals surface area contributed by atoms with Gasteiger partial charge in [-0.2, -0.15) is 0 Å². The fourth-order valence-corrected chi connectivity index (χ4v) is 4.30. The molecule has 0 unspecified atom stereocenters. The van der Waals surface area contributed by atoms with Crippen LogP contribution in [0.5, 0.6) is 0 Å². The van der Waals surface area contributed by atoms with Gasteiger partial charge in [0.25, 0.3) is 0 Å². The molecule has 26 heavy (non-hydrogen) atoms. The molecule has 3 heterocycles. The van der Waals surface area contributed by atoms with Crippen LogP contribution >= 0.6 is 0 Å². The van der Waals surface area contributed by atoms with Crippen molar-refractivity contribution in [3.8, 4) is 0 Å². The molecule has 0 spiro atoms. The maximum atomic E-state index is 13.2. The highest BCUT2D eigenvalue weighted by Gasteiger charge is 2.45. The van der Waals surface area contributed by atoms with Gasteiger partial charge in [-0.25, -0.2) is 0 Å². The second-order valence-corrected chi connectivity index (χ2v) is 8.16. The van der Waals surface area contributed by atoms with Gasteiger partial charge in [0.2, 0.25) is 11.8 Å². The molecule has 2 fully saturated rings. The minimum atomic E-state index is -0.129. The average molecular weight is 362 g/mol. The van der Waals surface area contributed by atoms with E-state index in [9.17, 15) is 9.59 Å². The summed E-state index contributed by atoms with van der Waals surface area (Å²) in [6, 6.07) is 0.0828. The van der Waals surface area contributed by atoms with Crippen LogP contribution in [0.15, 0.2) is 4.52 Å². The predicted octanol–water partition coefficient (Wildman–Crippen LogP) is 1.63. The van der Waals surface area contributed by atoms with Gasteiger partial charge in [-0.1, -0.05) is 19.0 Å². The molecule has 0 aromatic carbocycles. The summed E-state index contributed by atoms with van der Waals surface area (Å²) in [5, 5.41) is 7.03. The van der Waals surface area contributed by atoms with Gasteiger partial charge in [0.15, 0.2) is 0 Å². The van der Waals surface area contributed by atoms with Crippen molar-refractivity contribution < 1.29 is 14.1 Å². The molecule has 3 rings (SSSR count). The summed E-state index contributed by atoms with van der Waals surface area (Å²) >= 11 is 0. The molecule has 7 nitrogen and oxygen atoms in total. The van der Waals surface area contributed by atoms with Gasteiger partial charge in [0.05, 0.1) is 11.7 Å². The third kappa shape index (κ3) is 3.77. The van der Waals surface area contributed by atoms with Crippen LogP contribution in [0.3, 0.4) is 0 Å². The Morgan fingerprint density at radius 2 is 2.08 bits per heavy atom. The third-order valence-corrected chi connectivity index (χ3v) is 5.51. The van der Waals surface area contributed by atoms with Crippen molar-refractivity contribution in [3.05, 3.63) is 17.0 Å². The zero-order valence-electron chi connectivity index (χ0n) is 16.4. The smallest absolute Gasteiger partial charge is 0.240 e. The standard InChI is InChI=1S/C19H30N4O3/c1-11(2)6-18-19(25)23-8-15(20-14(5)24)7-16(23)9-22(18)10-17-12(3)21-26-13(17)4/h11,15-16,18H,6-10H2,1-5H3,(H,20,24)/t15-,16-,18-/m0/s1. The topological polar surface area (TPSA) is 78.7 Å². The molecule has 0 saturated carbocycles. The maximum Gasteiger partial charge on any atom is 0.240 e. The lowest BCUT2D eigenvalue weighted by Crippen LogP contribution is -2.59. The predicted molar refractivity (Wildman–Crippen MR) is 97.4 cm³/mol. The van der Waals surface area contributed by atoms with Crippen molar-refractivity contribution in [2.24, 2.45) is 5.92 Å². The van der Waals surface area contributed by atoms with E-state index in [0.29, 0.717) is 19.0 Å². The van der Waals surface area contributed by atoms with E-state index in [0.717, 1.165) is 36.4 Å². The van der Waals surface area contributed by atoms with Crippen LogP contribution in [-0.4, -0.2) is 58.0 Å². The largest absolute Gasteiger partial charge is 0.361 e. The number of aromatic nitrogens is 1. The van der Waals surface area contributed by atoms with Crippen LogP contribution in [-0.2, 0) is 16.1 Å². The zero-order valence-corrected chi connectivity index (χ0v) is 16.4. The van der Waals surface area contributed by atoms with Crippen molar-refractivity contribution in [2.45, 2.75) is 72.1 Å². The Morgan fingerprint density at radius 1 is 1.35 bits per heavy atom. The summed E-state index contributed by atoms with van der Waals surface area (Å²) in [5.74, 6) is 1.41. The Balaban J connectivity index is 1.81. The molecule has 2 aliphatic heterocycles. The maximum absolute atomic E-state index is 13.2. The summed E-state index contributed by atoms with van der Waals surface area (Å²) in [5.41, 5.74) is 1.97. The van der Waals surface area contributed by atoms with Gasteiger partial charge in [-0.05, 0) is 32.6 Å². The molecule has 2 saturated heterocycles. The van der Waals surface area contributed by atoms with Crippen LogP contribution < -0.4 is 5.32 Å². The number of nitrogens with zero attached hydrogens (tertiary/aromatic N) is 3. The molecule has 3 atom stereocenters. The molecule has 0 radical (unpaired) electrons. The van der Waals surface area contributed by atoms with Crippen LogP contribution in [0.1, 0.15) is 50.6 Å². The molecule has 1 aromatic rings. The molecule has 144 valence electrons. The number of amides is 2. The SMILES string of the molecule is CC(=O)N[C@H]1C[C@H]2CN(Cc3c(C)noc3C)[C@@H](CC(C)C)C(=O)N2C1. The molecule has 0 bridgehead atoms. The van der Waals surface area contributed by atoms with Gasteiger partial charge in [0, 0.05) is 44.2 Å². The molecule has 1 N–H and O–H groups in total. The second-order valence-electron chi connectivity index (χ2n) is 8.16. The Bertz CT molecular complexity index is 665. The number of rotatable bonds is 5. The van der Waals surface area contributed by atoms with Crippen molar-refractivity contribution in [2.75, 3.05) is 13.1 Å². The number of carbonyl (C=O) groups excluding carboxylic acids is 2. The van der Waals surface area contributed by atoms with E-state index in [2.05, 4.69) is 29.2 Å². The van der Waals surface area contributed by atoms with Crippen molar-refractivity contribution in [1.29, 1.82) is 0 Å². The minimum Gasteiger partial charge on any atom is -0.361 e. The molecular weight excluding hydrogens is 332 g/mol.